The molecule has 2 N–H and O–H groups in total. The molecule has 2 unspecified atom stereocenters. The molecule has 2 atom stereocenters. The maximum absolute atomic E-state index is 3.67. The molecule has 21 heavy (non-hydrogen) atoms. The number of hydrogen-bond donors (Lipinski definition) is 2. The second-order valence-corrected chi connectivity index (χ2v) is 7.08. The minimum Gasteiger partial charge on any atom is -0.385 e. The van der Waals surface area contributed by atoms with Crippen LogP contribution in [0, 0.1) is 11.8 Å². The molecule has 1 heterocycles. The Labute approximate surface area is 129 Å². The van der Waals surface area contributed by atoms with Gasteiger partial charge >= 0.3 is 0 Å². The quantitative estimate of drug-likeness (QED) is 0.786. The number of nitrogens with one attached hydrogen (secondary N) is 2. The Bertz CT molecular complexity index is 455. The second kappa shape index (κ2) is 7.31. The summed E-state index contributed by atoms with van der Waals surface area (Å²) in [5.74, 6) is 1.91. The zero-order valence-electron chi connectivity index (χ0n) is 13.5. The first-order valence-electron chi connectivity index (χ1n) is 8.88. The Kier molecular flexibility index (Phi) is 5.18. The topological polar surface area (TPSA) is 24.1 Å². The third-order valence-electron chi connectivity index (χ3n) is 5.25. The van der Waals surface area contributed by atoms with E-state index in [9.17, 15) is 0 Å². The monoisotopic (exact) mass is 286 g/mol. The van der Waals surface area contributed by atoms with E-state index >= 15 is 0 Å². The normalized spacial score (nSPS) is 25.2. The fourth-order valence-electron chi connectivity index (χ4n) is 4.08. The van der Waals surface area contributed by atoms with Gasteiger partial charge in [0, 0.05) is 18.8 Å². The Hall–Kier alpha value is -1.02. The summed E-state index contributed by atoms with van der Waals surface area (Å²) in [5.41, 5.74) is 4.36. The van der Waals surface area contributed by atoms with Crippen molar-refractivity contribution in [1.82, 2.24) is 5.32 Å². The molecule has 1 aromatic rings. The van der Waals surface area contributed by atoms with Crippen molar-refractivity contribution in [3.05, 3.63) is 29.3 Å². The van der Waals surface area contributed by atoms with Gasteiger partial charge in [0.25, 0.3) is 0 Å². The zero-order chi connectivity index (χ0) is 14.5. The van der Waals surface area contributed by atoms with Crippen molar-refractivity contribution in [2.45, 2.75) is 58.4 Å². The van der Waals surface area contributed by atoms with Crippen molar-refractivity contribution < 1.29 is 0 Å². The minimum absolute atomic E-state index is 0.953. The van der Waals surface area contributed by atoms with Crippen LogP contribution >= 0.6 is 0 Å². The Morgan fingerprint density at radius 1 is 1.24 bits per heavy atom. The van der Waals surface area contributed by atoms with Crippen LogP contribution in [-0.4, -0.2) is 13.1 Å². The van der Waals surface area contributed by atoms with Crippen LogP contribution in [0.3, 0.4) is 0 Å². The molecule has 2 heteroatoms. The average molecular weight is 286 g/mol. The van der Waals surface area contributed by atoms with E-state index in [4.69, 9.17) is 0 Å². The summed E-state index contributed by atoms with van der Waals surface area (Å²) in [6.45, 7) is 5.73. The first-order valence-corrected chi connectivity index (χ1v) is 8.88. The largest absolute Gasteiger partial charge is 0.385 e. The molecule has 1 fully saturated rings. The van der Waals surface area contributed by atoms with E-state index < -0.39 is 0 Å². The van der Waals surface area contributed by atoms with E-state index in [0.717, 1.165) is 24.9 Å². The lowest BCUT2D eigenvalue weighted by atomic mass is 9.81. The van der Waals surface area contributed by atoms with Gasteiger partial charge in [0.05, 0.1) is 0 Å². The van der Waals surface area contributed by atoms with E-state index in [1.54, 1.807) is 0 Å². The maximum atomic E-state index is 3.67. The van der Waals surface area contributed by atoms with Gasteiger partial charge in [-0.15, -0.1) is 0 Å². The van der Waals surface area contributed by atoms with Gasteiger partial charge < -0.3 is 10.6 Å². The lowest BCUT2D eigenvalue weighted by Crippen LogP contribution is -2.22. The predicted octanol–water partition coefficient (Wildman–Crippen LogP) is 4.35. The van der Waals surface area contributed by atoms with Gasteiger partial charge in [-0.05, 0) is 55.2 Å². The molecular weight excluding hydrogens is 256 g/mol. The first kappa shape index (κ1) is 14.9. The zero-order valence-corrected chi connectivity index (χ0v) is 13.5. The molecule has 1 aliphatic carbocycles. The molecule has 0 spiro atoms. The molecule has 0 aromatic heterocycles. The van der Waals surface area contributed by atoms with Gasteiger partial charge in [-0.25, -0.2) is 0 Å². The average Bonchev–Trinajstić information content (AvgIpc) is 2.52. The smallest absolute Gasteiger partial charge is 0.0418 e. The highest BCUT2D eigenvalue weighted by molar-refractivity contribution is 5.59. The maximum Gasteiger partial charge on any atom is 0.0418 e. The molecule has 2 nitrogen and oxygen atoms in total. The van der Waals surface area contributed by atoms with Crippen molar-refractivity contribution in [1.29, 1.82) is 0 Å². The number of benzene rings is 1. The standard InChI is InChI=1S/C19H30N2/c1-15-5-2-6-16(13-15)10-12-20-14-18-8-3-7-17-9-4-11-21-19(17)18/h3,7-8,15-16,20-21H,2,4-6,9-14H2,1H3. The molecule has 3 rings (SSSR count). The highest BCUT2D eigenvalue weighted by Crippen LogP contribution is 2.30. The molecule has 0 bridgehead atoms. The van der Waals surface area contributed by atoms with Crippen LogP contribution in [0.15, 0.2) is 18.2 Å². The van der Waals surface area contributed by atoms with Crippen molar-refractivity contribution >= 4 is 5.69 Å². The lowest BCUT2D eigenvalue weighted by molar-refractivity contribution is 0.267. The second-order valence-electron chi connectivity index (χ2n) is 7.08. The van der Waals surface area contributed by atoms with Gasteiger partial charge in [-0.3, -0.25) is 0 Å². The van der Waals surface area contributed by atoms with Crippen LogP contribution < -0.4 is 10.6 Å². The van der Waals surface area contributed by atoms with Gasteiger partial charge in [0.1, 0.15) is 0 Å². The van der Waals surface area contributed by atoms with Gasteiger partial charge in [-0.2, -0.15) is 0 Å². The molecule has 1 aliphatic heterocycles. The first-order chi connectivity index (χ1) is 10.3. The molecule has 1 aromatic carbocycles. The SMILES string of the molecule is CC1CCCC(CCNCc2cccc3c2NCCC3)C1. The molecule has 116 valence electrons. The van der Waals surface area contributed by atoms with Crippen LogP contribution in [-0.2, 0) is 13.0 Å². The van der Waals surface area contributed by atoms with E-state index in [2.05, 4.69) is 35.8 Å². The number of hydrogen-bond acceptors (Lipinski definition) is 2. The molecule has 0 saturated heterocycles. The van der Waals surface area contributed by atoms with Crippen molar-refractivity contribution in [2.24, 2.45) is 11.8 Å². The summed E-state index contributed by atoms with van der Waals surface area (Å²) in [5, 5.41) is 7.26. The Morgan fingerprint density at radius 3 is 3.10 bits per heavy atom. The summed E-state index contributed by atoms with van der Waals surface area (Å²) < 4.78 is 0. The fourth-order valence-corrected chi connectivity index (χ4v) is 4.08. The number of rotatable bonds is 5. The summed E-state index contributed by atoms with van der Waals surface area (Å²) in [6, 6.07) is 6.76. The fraction of sp³-hybridized carbons (Fsp3) is 0.684. The van der Waals surface area contributed by atoms with Crippen LogP contribution in [0.5, 0.6) is 0 Å². The van der Waals surface area contributed by atoms with Gasteiger partial charge in [0.15, 0.2) is 0 Å². The van der Waals surface area contributed by atoms with Crippen LogP contribution in [0.2, 0.25) is 0 Å². The highest BCUT2D eigenvalue weighted by atomic mass is 14.9. The van der Waals surface area contributed by atoms with Crippen LogP contribution in [0.25, 0.3) is 0 Å². The van der Waals surface area contributed by atoms with E-state index in [0.29, 0.717) is 0 Å². The van der Waals surface area contributed by atoms with E-state index in [-0.39, 0.29) is 0 Å². The molecule has 0 amide bonds. The molecular formula is C19H30N2. The number of para-hydroxylation sites is 1. The third kappa shape index (κ3) is 4.00. The third-order valence-corrected chi connectivity index (χ3v) is 5.25. The predicted molar refractivity (Wildman–Crippen MR) is 90.7 cm³/mol. The number of aryl methyl sites for hydroxylation is 1. The van der Waals surface area contributed by atoms with Gasteiger partial charge in [-0.1, -0.05) is 44.4 Å². The van der Waals surface area contributed by atoms with Crippen molar-refractivity contribution in [3.8, 4) is 0 Å². The van der Waals surface area contributed by atoms with Crippen molar-refractivity contribution in [2.75, 3.05) is 18.4 Å². The van der Waals surface area contributed by atoms with Crippen LogP contribution in [0.1, 0.15) is 56.6 Å². The molecule has 0 radical (unpaired) electrons. The van der Waals surface area contributed by atoms with Gasteiger partial charge in [0.2, 0.25) is 0 Å². The summed E-state index contributed by atoms with van der Waals surface area (Å²) in [6.07, 6.45) is 9.65. The number of anilines is 1. The van der Waals surface area contributed by atoms with E-state index in [1.165, 1.54) is 68.3 Å². The van der Waals surface area contributed by atoms with Crippen LogP contribution in [0.4, 0.5) is 5.69 Å². The molecule has 2 aliphatic rings. The molecule has 1 saturated carbocycles. The minimum atomic E-state index is 0.953. The summed E-state index contributed by atoms with van der Waals surface area (Å²) in [7, 11) is 0. The highest BCUT2D eigenvalue weighted by Gasteiger charge is 2.18. The Morgan fingerprint density at radius 2 is 2.19 bits per heavy atom. The summed E-state index contributed by atoms with van der Waals surface area (Å²) >= 11 is 0. The summed E-state index contributed by atoms with van der Waals surface area (Å²) in [4.78, 5) is 0. The Balaban J connectivity index is 1.45. The van der Waals surface area contributed by atoms with Crippen molar-refractivity contribution in [3.63, 3.8) is 0 Å². The number of fused-ring (bicyclic) bond motifs is 1. The lowest BCUT2D eigenvalue weighted by Gasteiger charge is -2.27. The van der Waals surface area contributed by atoms with E-state index in [1.807, 2.05) is 0 Å².